The maximum Gasteiger partial charge on any atom is 0.363 e. The van der Waals surface area contributed by atoms with Crippen LogP contribution in [0.3, 0.4) is 0 Å². The molecule has 0 bridgehead atoms. The zero-order valence-electron chi connectivity index (χ0n) is 12.9. The number of non-ortho nitro benzene ring substituents is 1. The molecule has 0 amide bonds. The second-order valence-corrected chi connectivity index (χ2v) is 5.47. The monoisotopic (exact) mass is 358 g/mol. The number of hydrogen-bond donors (Lipinski definition) is 0. The van der Waals surface area contributed by atoms with E-state index in [1.54, 1.807) is 24.3 Å². The standard InChI is InChI=1S/C17H11ClN2O5/c1-24-15-6-5-11(18)9-13(15)16-19-14(17(21)25-16)8-10-3-2-4-12(7-10)20(22)23/h2-9H,1H3. The van der Waals surface area contributed by atoms with Crippen LogP contribution in [0.4, 0.5) is 5.69 Å². The Bertz CT molecular complexity index is 936. The molecule has 1 aliphatic rings. The predicted octanol–water partition coefficient (Wildman–Crippen LogP) is 3.60. The molecule has 1 heterocycles. The Morgan fingerprint density at radius 2 is 2.08 bits per heavy atom. The number of rotatable bonds is 4. The van der Waals surface area contributed by atoms with Gasteiger partial charge in [-0.2, -0.15) is 0 Å². The van der Waals surface area contributed by atoms with Gasteiger partial charge in [-0.3, -0.25) is 10.1 Å². The largest absolute Gasteiger partial charge is 0.496 e. The van der Waals surface area contributed by atoms with E-state index in [2.05, 4.69) is 4.99 Å². The highest BCUT2D eigenvalue weighted by Crippen LogP contribution is 2.28. The number of cyclic esters (lactones) is 1. The van der Waals surface area contributed by atoms with Crippen LogP contribution >= 0.6 is 11.6 Å². The van der Waals surface area contributed by atoms with E-state index >= 15 is 0 Å². The van der Waals surface area contributed by atoms with Crippen LogP contribution in [0, 0.1) is 10.1 Å². The van der Waals surface area contributed by atoms with Gasteiger partial charge < -0.3 is 9.47 Å². The number of esters is 1. The number of methoxy groups -OCH3 is 1. The van der Waals surface area contributed by atoms with Crippen molar-refractivity contribution < 1.29 is 19.2 Å². The molecule has 0 N–H and O–H groups in total. The van der Waals surface area contributed by atoms with Crippen molar-refractivity contribution in [2.75, 3.05) is 7.11 Å². The van der Waals surface area contributed by atoms with Crippen molar-refractivity contribution in [1.82, 2.24) is 0 Å². The fourth-order valence-corrected chi connectivity index (χ4v) is 2.43. The van der Waals surface area contributed by atoms with Crippen LogP contribution in [-0.4, -0.2) is 23.9 Å². The molecular weight excluding hydrogens is 348 g/mol. The van der Waals surface area contributed by atoms with E-state index in [4.69, 9.17) is 21.1 Å². The van der Waals surface area contributed by atoms with Gasteiger partial charge in [-0.05, 0) is 29.8 Å². The minimum atomic E-state index is -0.663. The van der Waals surface area contributed by atoms with Gasteiger partial charge in [0.2, 0.25) is 5.90 Å². The second-order valence-electron chi connectivity index (χ2n) is 5.03. The smallest absolute Gasteiger partial charge is 0.363 e. The summed E-state index contributed by atoms with van der Waals surface area (Å²) < 4.78 is 10.4. The minimum Gasteiger partial charge on any atom is -0.496 e. The SMILES string of the molecule is COc1ccc(Cl)cc1C1=NC(=Cc2cccc([N+](=O)[O-])c2)C(=O)O1. The third kappa shape index (κ3) is 3.51. The molecule has 0 atom stereocenters. The van der Waals surface area contributed by atoms with Gasteiger partial charge in [-0.1, -0.05) is 23.7 Å². The number of hydrogen-bond acceptors (Lipinski definition) is 6. The zero-order chi connectivity index (χ0) is 18.0. The van der Waals surface area contributed by atoms with Crippen LogP contribution in [0.5, 0.6) is 5.75 Å². The molecule has 0 unspecified atom stereocenters. The molecule has 7 nitrogen and oxygen atoms in total. The molecule has 3 rings (SSSR count). The summed E-state index contributed by atoms with van der Waals surface area (Å²) in [6, 6.07) is 10.7. The first-order chi connectivity index (χ1) is 12.0. The maximum absolute atomic E-state index is 12.1. The highest BCUT2D eigenvalue weighted by atomic mass is 35.5. The van der Waals surface area contributed by atoms with Gasteiger partial charge in [0.25, 0.3) is 5.69 Å². The zero-order valence-corrected chi connectivity index (χ0v) is 13.7. The minimum absolute atomic E-state index is 0.0255. The van der Waals surface area contributed by atoms with Gasteiger partial charge in [0.15, 0.2) is 5.70 Å². The topological polar surface area (TPSA) is 91.0 Å². The highest BCUT2D eigenvalue weighted by Gasteiger charge is 2.26. The average Bonchev–Trinajstić information content (AvgIpc) is 2.95. The first-order valence-corrected chi connectivity index (χ1v) is 7.46. The van der Waals surface area contributed by atoms with Crippen LogP contribution in [0.15, 0.2) is 53.2 Å². The number of nitrogens with zero attached hydrogens (tertiary/aromatic N) is 2. The number of aliphatic imine (C=N–C) groups is 1. The van der Waals surface area contributed by atoms with Crippen molar-refractivity contribution in [3.8, 4) is 5.75 Å². The molecule has 8 heteroatoms. The molecule has 25 heavy (non-hydrogen) atoms. The van der Waals surface area contributed by atoms with E-state index in [0.29, 0.717) is 21.9 Å². The van der Waals surface area contributed by atoms with Gasteiger partial charge in [-0.25, -0.2) is 9.79 Å². The van der Waals surface area contributed by atoms with Gasteiger partial charge in [-0.15, -0.1) is 0 Å². The van der Waals surface area contributed by atoms with Crippen LogP contribution < -0.4 is 4.74 Å². The van der Waals surface area contributed by atoms with E-state index in [9.17, 15) is 14.9 Å². The molecule has 0 radical (unpaired) electrons. The van der Waals surface area contributed by atoms with Gasteiger partial charge in [0.1, 0.15) is 5.75 Å². The third-order valence-electron chi connectivity index (χ3n) is 3.40. The summed E-state index contributed by atoms with van der Waals surface area (Å²) >= 11 is 5.97. The first-order valence-electron chi connectivity index (χ1n) is 7.09. The fourth-order valence-electron chi connectivity index (χ4n) is 2.26. The summed E-state index contributed by atoms with van der Waals surface area (Å²) in [6.07, 6.45) is 1.42. The van der Waals surface area contributed by atoms with Crippen molar-refractivity contribution in [3.63, 3.8) is 0 Å². The Balaban J connectivity index is 1.99. The van der Waals surface area contributed by atoms with Gasteiger partial charge in [0, 0.05) is 17.2 Å². The molecule has 0 fully saturated rings. The molecule has 0 saturated carbocycles. The molecule has 0 aliphatic carbocycles. The van der Waals surface area contributed by atoms with E-state index < -0.39 is 10.9 Å². The Morgan fingerprint density at radius 1 is 1.28 bits per heavy atom. The number of carbonyl (C=O) groups excluding carboxylic acids is 1. The molecule has 0 saturated heterocycles. The number of benzene rings is 2. The normalized spacial score (nSPS) is 15.0. The van der Waals surface area contributed by atoms with Crippen molar-refractivity contribution in [2.24, 2.45) is 4.99 Å². The quantitative estimate of drug-likeness (QED) is 0.360. The molecule has 2 aromatic carbocycles. The Kier molecular flexibility index (Phi) is 4.49. The molecule has 0 aromatic heterocycles. The second kappa shape index (κ2) is 6.74. The molecule has 0 spiro atoms. The summed E-state index contributed by atoms with van der Waals surface area (Å²) in [7, 11) is 1.48. The summed E-state index contributed by atoms with van der Waals surface area (Å²) in [6.45, 7) is 0. The van der Waals surface area contributed by atoms with E-state index in [-0.39, 0.29) is 17.3 Å². The Morgan fingerprint density at radius 3 is 2.80 bits per heavy atom. The number of ether oxygens (including phenoxy) is 2. The fraction of sp³-hybridized carbons (Fsp3) is 0.0588. The summed E-state index contributed by atoms with van der Waals surface area (Å²) in [4.78, 5) is 26.5. The number of halogens is 1. The van der Waals surface area contributed by atoms with Crippen LogP contribution in [-0.2, 0) is 9.53 Å². The van der Waals surface area contributed by atoms with Crippen LogP contribution in [0.1, 0.15) is 11.1 Å². The highest BCUT2D eigenvalue weighted by molar-refractivity contribution is 6.31. The van der Waals surface area contributed by atoms with Gasteiger partial charge >= 0.3 is 5.97 Å². The van der Waals surface area contributed by atoms with Crippen molar-refractivity contribution >= 4 is 35.2 Å². The maximum atomic E-state index is 12.1. The third-order valence-corrected chi connectivity index (χ3v) is 3.63. The van der Waals surface area contributed by atoms with Crippen LogP contribution in [0.25, 0.3) is 6.08 Å². The van der Waals surface area contributed by atoms with E-state index in [1.165, 1.54) is 31.4 Å². The molecule has 1 aliphatic heterocycles. The number of carbonyl (C=O) groups is 1. The lowest BCUT2D eigenvalue weighted by Crippen LogP contribution is -2.07. The number of nitro groups is 1. The lowest BCUT2D eigenvalue weighted by Gasteiger charge is -2.07. The summed E-state index contributed by atoms with van der Waals surface area (Å²) in [5, 5.41) is 11.3. The van der Waals surface area contributed by atoms with E-state index in [0.717, 1.165) is 0 Å². The predicted molar refractivity (Wildman–Crippen MR) is 91.7 cm³/mol. The summed E-state index contributed by atoms with van der Waals surface area (Å²) in [5.74, 6) is -0.155. The average molecular weight is 359 g/mol. The van der Waals surface area contributed by atoms with Crippen LogP contribution in [0.2, 0.25) is 5.02 Å². The summed E-state index contributed by atoms with van der Waals surface area (Å²) in [5.41, 5.74) is 0.842. The number of nitro benzene ring substituents is 1. The Hall–Kier alpha value is -3.19. The Labute approximate surface area is 147 Å². The first kappa shape index (κ1) is 16.7. The lowest BCUT2D eigenvalue weighted by atomic mass is 10.1. The molecule has 126 valence electrons. The van der Waals surface area contributed by atoms with Crippen molar-refractivity contribution in [2.45, 2.75) is 0 Å². The van der Waals surface area contributed by atoms with E-state index in [1.807, 2.05) is 0 Å². The van der Waals surface area contributed by atoms with Crippen molar-refractivity contribution in [3.05, 3.63) is 74.4 Å². The molecular formula is C17H11ClN2O5. The molecule has 2 aromatic rings. The van der Waals surface area contributed by atoms with Crippen molar-refractivity contribution in [1.29, 1.82) is 0 Å². The lowest BCUT2D eigenvalue weighted by molar-refractivity contribution is -0.384. The van der Waals surface area contributed by atoms with Gasteiger partial charge in [0.05, 0.1) is 17.6 Å².